The quantitative estimate of drug-likeness (QED) is 0.0281. The van der Waals surface area contributed by atoms with E-state index in [0.717, 1.165) is 57.8 Å². The lowest BCUT2D eigenvalue weighted by atomic mass is 10.0. The minimum atomic E-state index is -0.872. The highest BCUT2D eigenvalue weighted by Crippen LogP contribution is 2.17. The van der Waals surface area contributed by atoms with Crippen LogP contribution >= 0.6 is 0 Å². The number of nitrogens with zero attached hydrogens (tertiary/aromatic N) is 1. The third-order valence-corrected chi connectivity index (χ3v) is 12.1. The summed E-state index contributed by atoms with van der Waals surface area (Å²) in [5.41, 5.74) is 0. The Kier molecular flexibility index (Phi) is 44.3. The number of ether oxygens (including phenoxy) is 3. The lowest BCUT2D eigenvalue weighted by Crippen LogP contribution is -2.50. The van der Waals surface area contributed by atoms with Crippen LogP contribution in [0.15, 0.2) is 36.5 Å². The van der Waals surface area contributed by atoms with Gasteiger partial charge in [0.05, 0.1) is 34.4 Å². The third-order valence-electron chi connectivity index (χ3n) is 12.1. The zero-order valence-corrected chi connectivity index (χ0v) is 42.0. The van der Waals surface area contributed by atoms with Crippen molar-refractivity contribution in [2.24, 2.45) is 0 Å². The van der Waals surface area contributed by atoms with E-state index < -0.39 is 18.1 Å². The monoisotopic (exact) mass is 889 g/mol. The first-order valence-corrected chi connectivity index (χ1v) is 26.5. The van der Waals surface area contributed by atoms with Crippen molar-refractivity contribution in [1.29, 1.82) is 0 Å². The number of esters is 2. The number of allylic oxidation sites excluding steroid dienone is 6. The van der Waals surface area contributed by atoms with Gasteiger partial charge in [-0.3, -0.25) is 9.59 Å². The van der Waals surface area contributed by atoms with Gasteiger partial charge < -0.3 is 23.8 Å². The summed E-state index contributed by atoms with van der Waals surface area (Å²) in [7, 11) is 5.54. The minimum Gasteiger partial charge on any atom is -0.477 e. The number of quaternary nitrogens is 1. The van der Waals surface area contributed by atoms with Gasteiger partial charge in [-0.15, -0.1) is 0 Å². The molecule has 0 aromatic rings. The molecule has 0 aliphatic rings. The van der Waals surface area contributed by atoms with Gasteiger partial charge in [0.1, 0.15) is 6.61 Å². The summed E-state index contributed by atoms with van der Waals surface area (Å²) in [6.45, 7) is 4.67. The average Bonchev–Trinajstić information content (AvgIpc) is 3.24. The van der Waals surface area contributed by atoms with E-state index in [9.17, 15) is 19.5 Å². The number of likely N-dealkylation sites (N-methyl/N-ethyl adjacent to an activating group) is 1. The highest BCUT2D eigenvalue weighted by Gasteiger charge is 2.31. The van der Waals surface area contributed by atoms with Crippen LogP contribution in [0.1, 0.15) is 245 Å². The largest absolute Gasteiger partial charge is 0.477 e. The number of hydrogen-bond donors (Lipinski definition) is 1. The molecular weight excluding hydrogens is 787 g/mol. The first kappa shape index (κ1) is 60.5. The molecule has 8 nitrogen and oxygen atoms in total. The number of aliphatic carboxylic acids is 1. The van der Waals surface area contributed by atoms with E-state index in [-0.39, 0.29) is 36.2 Å². The number of carboxylic acid groups (broad SMARTS) is 1. The molecule has 368 valence electrons. The molecule has 0 aromatic heterocycles. The van der Waals surface area contributed by atoms with Crippen LogP contribution in [0.2, 0.25) is 0 Å². The molecule has 0 aromatic carbocycles. The minimum absolute atomic E-state index is 0.0472. The van der Waals surface area contributed by atoms with Crippen LogP contribution in [-0.2, 0) is 28.6 Å². The molecule has 0 rings (SSSR count). The van der Waals surface area contributed by atoms with Crippen molar-refractivity contribution in [3.05, 3.63) is 36.5 Å². The predicted molar refractivity (Wildman–Crippen MR) is 266 cm³/mol. The van der Waals surface area contributed by atoms with Crippen molar-refractivity contribution >= 4 is 17.9 Å². The molecule has 0 fully saturated rings. The Bertz CT molecular complexity index is 1130. The molecule has 0 amide bonds. The second-order valence-corrected chi connectivity index (χ2v) is 19.1. The molecule has 2 unspecified atom stereocenters. The van der Waals surface area contributed by atoms with Crippen molar-refractivity contribution in [3.8, 4) is 0 Å². The summed E-state index contributed by atoms with van der Waals surface area (Å²) >= 11 is 0. The summed E-state index contributed by atoms with van der Waals surface area (Å²) in [6.07, 6.45) is 54.8. The molecule has 0 bridgehead atoms. The maximum atomic E-state index is 12.8. The Morgan fingerprint density at radius 2 is 0.889 bits per heavy atom. The van der Waals surface area contributed by atoms with Gasteiger partial charge in [0.2, 0.25) is 0 Å². The van der Waals surface area contributed by atoms with Crippen molar-refractivity contribution in [2.75, 3.05) is 41.0 Å². The van der Waals surface area contributed by atoms with Gasteiger partial charge in [0.15, 0.2) is 12.1 Å². The molecule has 0 spiro atoms. The normalized spacial score (nSPS) is 13.1. The Hall–Kier alpha value is -2.45. The summed E-state index contributed by atoms with van der Waals surface area (Å²) in [4.78, 5) is 37.2. The molecule has 0 radical (unpaired) electrons. The number of hydrogen-bond acceptors (Lipinski definition) is 6. The summed E-state index contributed by atoms with van der Waals surface area (Å²) in [6, 6.07) is -0.613. The van der Waals surface area contributed by atoms with Gasteiger partial charge in [0.25, 0.3) is 0 Å². The number of carbonyl (C=O) groups is 3. The Morgan fingerprint density at radius 3 is 1.32 bits per heavy atom. The zero-order chi connectivity index (χ0) is 46.3. The van der Waals surface area contributed by atoms with Gasteiger partial charge in [-0.05, 0) is 44.9 Å². The van der Waals surface area contributed by atoms with E-state index >= 15 is 0 Å². The van der Waals surface area contributed by atoms with Crippen molar-refractivity contribution in [3.63, 3.8) is 0 Å². The topological polar surface area (TPSA) is 99.1 Å². The fraction of sp³-hybridized carbons (Fsp3) is 0.836. The van der Waals surface area contributed by atoms with Crippen LogP contribution in [0.3, 0.4) is 0 Å². The fourth-order valence-corrected chi connectivity index (χ4v) is 7.99. The van der Waals surface area contributed by atoms with E-state index in [0.29, 0.717) is 19.3 Å². The number of rotatable bonds is 48. The lowest BCUT2D eigenvalue weighted by Gasteiger charge is -2.31. The second-order valence-electron chi connectivity index (χ2n) is 19.1. The van der Waals surface area contributed by atoms with Crippen molar-refractivity contribution in [2.45, 2.75) is 257 Å². The number of unbranched alkanes of at least 4 members (excludes halogenated alkanes) is 28. The van der Waals surface area contributed by atoms with Crippen LogP contribution in [0.4, 0.5) is 0 Å². The van der Waals surface area contributed by atoms with Gasteiger partial charge in [-0.25, -0.2) is 4.79 Å². The molecule has 0 saturated heterocycles. The van der Waals surface area contributed by atoms with Crippen LogP contribution in [0.5, 0.6) is 0 Å². The maximum absolute atomic E-state index is 12.8. The van der Waals surface area contributed by atoms with E-state index in [2.05, 4.69) is 50.3 Å². The highest BCUT2D eigenvalue weighted by atomic mass is 16.6. The molecule has 2 atom stereocenters. The van der Waals surface area contributed by atoms with Crippen LogP contribution in [-0.4, -0.2) is 80.6 Å². The number of carbonyl (C=O) groups excluding carboxylic acids is 2. The van der Waals surface area contributed by atoms with Gasteiger partial charge in [-0.1, -0.05) is 217 Å². The Morgan fingerprint density at radius 1 is 0.492 bits per heavy atom. The molecule has 0 aliphatic heterocycles. The summed E-state index contributed by atoms with van der Waals surface area (Å²) < 4.78 is 17.4. The van der Waals surface area contributed by atoms with E-state index in [1.54, 1.807) is 0 Å². The predicted octanol–water partition coefficient (Wildman–Crippen LogP) is 15.4. The van der Waals surface area contributed by atoms with E-state index in [4.69, 9.17) is 14.2 Å². The third kappa shape index (κ3) is 44.5. The zero-order valence-electron chi connectivity index (χ0n) is 42.0. The van der Waals surface area contributed by atoms with Crippen LogP contribution in [0.25, 0.3) is 0 Å². The van der Waals surface area contributed by atoms with Crippen molar-refractivity contribution in [1.82, 2.24) is 0 Å². The molecule has 8 heteroatoms. The first-order valence-electron chi connectivity index (χ1n) is 26.5. The van der Waals surface area contributed by atoms with E-state index in [1.165, 1.54) is 154 Å². The summed E-state index contributed by atoms with van der Waals surface area (Å²) in [5.74, 6) is -1.45. The Balaban J connectivity index is 4.16. The molecule has 1 N–H and O–H groups in total. The molecule has 0 heterocycles. The lowest BCUT2D eigenvalue weighted by molar-refractivity contribution is -0.887. The summed E-state index contributed by atoms with van der Waals surface area (Å²) in [5, 5.41) is 9.66. The SMILES string of the molecule is CC/C=C/C/C=C/C/C=C/CCCCCCCCCCCCCCCC(=O)OCC(COCCC(C(=O)O)[N+](C)(C)C)OC(=O)CCCCCCCCCCCCCCCCCC. The van der Waals surface area contributed by atoms with Crippen LogP contribution < -0.4 is 0 Å². The second kappa shape index (κ2) is 46.1. The van der Waals surface area contributed by atoms with Gasteiger partial charge in [-0.2, -0.15) is 0 Å². The Labute approximate surface area is 389 Å². The molecule has 0 aliphatic carbocycles. The standard InChI is InChI=1S/C55H101NO7/c1-6-8-10-12-14-16-18-20-22-24-25-26-27-28-29-30-32-33-35-37-39-41-43-45-53(57)62-50-51(49-61-48-47-52(55(59)60)56(3,4)5)63-54(58)46-44-42-40-38-36-34-31-23-21-19-17-15-13-11-9-7-2/h8,10,14,16,20,22,51-52H,6-7,9,11-13,15,17-19,21,23-50H2,1-5H3/p+1/b10-8+,16-14+,22-20+. The first-order chi connectivity index (χ1) is 30.6. The smallest absolute Gasteiger partial charge is 0.362 e. The molecule has 0 saturated carbocycles. The maximum Gasteiger partial charge on any atom is 0.362 e. The van der Waals surface area contributed by atoms with Crippen LogP contribution in [0, 0.1) is 0 Å². The number of carboxylic acids is 1. The highest BCUT2D eigenvalue weighted by molar-refractivity contribution is 5.72. The van der Waals surface area contributed by atoms with Gasteiger partial charge in [0, 0.05) is 19.3 Å². The average molecular weight is 889 g/mol. The van der Waals surface area contributed by atoms with Crippen molar-refractivity contribution < 1.29 is 38.2 Å². The molecule has 63 heavy (non-hydrogen) atoms. The van der Waals surface area contributed by atoms with E-state index in [1.807, 2.05) is 21.1 Å². The molecular formula is C55H102NO7+. The van der Waals surface area contributed by atoms with Gasteiger partial charge >= 0.3 is 17.9 Å². The fourth-order valence-electron chi connectivity index (χ4n) is 7.99.